The lowest BCUT2D eigenvalue weighted by Crippen LogP contribution is -2.38. The van der Waals surface area contributed by atoms with Gasteiger partial charge in [0, 0.05) is 13.5 Å². The Morgan fingerprint density at radius 1 is 1.30 bits per heavy atom. The number of amides is 2. The van der Waals surface area contributed by atoms with Crippen molar-refractivity contribution in [2.45, 2.75) is 46.1 Å². The number of nitrogens with zero attached hydrogens (tertiary/aromatic N) is 1. The van der Waals surface area contributed by atoms with E-state index in [9.17, 15) is 9.59 Å². The smallest absolute Gasteiger partial charge is 0.417 e. The molecule has 0 atom stereocenters. The molecular weight excluding hydrogens is 254 g/mol. The van der Waals surface area contributed by atoms with E-state index < -0.39 is 11.7 Å². The molecule has 0 fully saturated rings. The number of aryl methyl sites for hydroxylation is 1. The zero-order chi connectivity index (χ0) is 15.3. The first-order chi connectivity index (χ1) is 9.27. The van der Waals surface area contributed by atoms with E-state index in [0.29, 0.717) is 12.8 Å². The van der Waals surface area contributed by atoms with Crippen LogP contribution in [0.25, 0.3) is 0 Å². The summed E-state index contributed by atoms with van der Waals surface area (Å²) in [5.74, 6) is -0.224. The van der Waals surface area contributed by atoms with Crippen LogP contribution in [0.2, 0.25) is 0 Å². The zero-order valence-corrected chi connectivity index (χ0v) is 12.9. The molecule has 1 aromatic rings. The number of hydrogen-bond donors (Lipinski definition) is 0. The van der Waals surface area contributed by atoms with E-state index in [4.69, 9.17) is 4.74 Å². The van der Waals surface area contributed by atoms with E-state index in [1.807, 2.05) is 52.0 Å². The van der Waals surface area contributed by atoms with Crippen LogP contribution in [0.4, 0.5) is 4.79 Å². The first-order valence-electron chi connectivity index (χ1n) is 6.84. The summed E-state index contributed by atoms with van der Waals surface area (Å²) in [7, 11) is 1.45. The Kier molecular flexibility index (Phi) is 5.31. The molecule has 0 saturated heterocycles. The van der Waals surface area contributed by atoms with E-state index in [0.717, 1.165) is 16.0 Å². The number of carbonyl (C=O) groups excluding carboxylic acids is 2. The van der Waals surface area contributed by atoms with Crippen LogP contribution in [-0.2, 0) is 15.1 Å². The maximum absolute atomic E-state index is 12.0. The Hall–Kier alpha value is -1.84. The van der Waals surface area contributed by atoms with Crippen LogP contribution in [0.5, 0.6) is 0 Å². The molecule has 20 heavy (non-hydrogen) atoms. The van der Waals surface area contributed by atoms with Crippen molar-refractivity contribution < 1.29 is 14.3 Å². The lowest BCUT2D eigenvalue weighted by Gasteiger charge is -2.28. The fourth-order valence-corrected chi connectivity index (χ4v) is 1.85. The largest absolute Gasteiger partial charge is 0.438 e. The molecule has 1 aromatic carbocycles. The van der Waals surface area contributed by atoms with Crippen LogP contribution in [0.1, 0.15) is 44.7 Å². The van der Waals surface area contributed by atoms with Crippen LogP contribution >= 0.6 is 0 Å². The molecule has 4 heteroatoms. The summed E-state index contributed by atoms with van der Waals surface area (Å²) >= 11 is 0. The highest BCUT2D eigenvalue weighted by Crippen LogP contribution is 2.26. The fourth-order valence-electron chi connectivity index (χ4n) is 1.85. The highest BCUT2D eigenvalue weighted by atomic mass is 16.6. The molecule has 2 amide bonds. The van der Waals surface area contributed by atoms with E-state index in [-0.39, 0.29) is 5.91 Å². The lowest BCUT2D eigenvalue weighted by molar-refractivity contribution is -0.129. The van der Waals surface area contributed by atoms with Crippen molar-refractivity contribution in [3.8, 4) is 0 Å². The maximum Gasteiger partial charge on any atom is 0.417 e. The van der Waals surface area contributed by atoms with Crippen LogP contribution in [0.3, 0.4) is 0 Å². The minimum absolute atomic E-state index is 0.224. The minimum Gasteiger partial charge on any atom is -0.438 e. The van der Waals surface area contributed by atoms with Gasteiger partial charge in [-0.3, -0.25) is 9.69 Å². The Labute approximate surface area is 120 Å². The van der Waals surface area contributed by atoms with Crippen molar-refractivity contribution in [2.75, 3.05) is 7.05 Å². The van der Waals surface area contributed by atoms with Gasteiger partial charge in [0.05, 0.1) is 0 Å². The van der Waals surface area contributed by atoms with Gasteiger partial charge in [0.25, 0.3) is 0 Å². The summed E-state index contributed by atoms with van der Waals surface area (Å²) in [6.07, 6.45) is 0.434. The molecule has 0 N–H and O–H groups in total. The summed E-state index contributed by atoms with van der Waals surface area (Å²) in [6.45, 7) is 7.52. The standard InChI is InChI=1S/C16H23NO3/c1-6-8-14(18)17(5)15(19)20-16(3,4)13-10-7-9-12(2)11-13/h7,9-11H,6,8H2,1-5H3. The normalized spacial score (nSPS) is 11.1. The Morgan fingerprint density at radius 3 is 2.50 bits per heavy atom. The molecule has 0 aliphatic carbocycles. The van der Waals surface area contributed by atoms with Crippen LogP contribution in [-0.4, -0.2) is 23.9 Å². The summed E-state index contributed by atoms with van der Waals surface area (Å²) < 4.78 is 5.47. The molecule has 0 aromatic heterocycles. The number of imide groups is 1. The predicted molar refractivity (Wildman–Crippen MR) is 78.4 cm³/mol. The van der Waals surface area contributed by atoms with Gasteiger partial charge in [-0.05, 0) is 32.8 Å². The second-order valence-corrected chi connectivity index (χ2v) is 5.45. The number of benzene rings is 1. The van der Waals surface area contributed by atoms with Gasteiger partial charge in [0.2, 0.25) is 5.91 Å². The Bertz CT molecular complexity index is 494. The quantitative estimate of drug-likeness (QED) is 0.844. The van der Waals surface area contributed by atoms with Crippen molar-refractivity contribution in [1.82, 2.24) is 4.90 Å². The van der Waals surface area contributed by atoms with E-state index >= 15 is 0 Å². The molecule has 0 spiro atoms. The van der Waals surface area contributed by atoms with Gasteiger partial charge in [-0.15, -0.1) is 0 Å². The Balaban J connectivity index is 2.80. The third-order valence-electron chi connectivity index (χ3n) is 3.17. The number of carbonyl (C=O) groups is 2. The van der Waals surface area contributed by atoms with Gasteiger partial charge in [-0.1, -0.05) is 36.8 Å². The van der Waals surface area contributed by atoms with E-state index in [1.165, 1.54) is 7.05 Å². The van der Waals surface area contributed by atoms with Gasteiger partial charge < -0.3 is 4.74 Å². The molecule has 0 unspecified atom stereocenters. The molecule has 110 valence electrons. The van der Waals surface area contributed by atoms with E-state index in [1.54, 1.807) is 0 Å². The Morgan fingerprint density at radius 2 is 1.95 bits per heavy atom. The third kappa shape index (κ3) is 4.08. The second-order valence-electron chi connectivity index (χ2n) is 5.45. The van der Waals surface area contributed by atoms with Gasteiger partial charge in [0.1, 0.15) is 5.60 Å². The predicted octanol–water partition coefficient (Wildman–Crippen LogP) is 3.63. The third-order valence-corrected chi connectivity index (χ3v) is 3.17. The summed E-state index contributed by atoms with van der Waals surface area (Å²) in [5, 5.41) is 0. The second kappa shape index (κ2) is 6.55. The van der Waals surface area contributed by atoms with Gasteiger partial charge in [-0.2, -0.15) is 0 Å². The van der Waals surface area contributed by atoms with Crippen LogP contribution < -0.4 is 0 Å². The summed E-state index contributed by atoms with van der Waals surface area (Å²) in [6, 6.07) is 7.79. The number of ether oxygens (including phenoxy) is 1. The first kappa shape index (κ1) is 16.2. The summed E-state index contributed by atoms with van der Waals surface area (Å²) in [4.78, 5) is 24.7. The number of hydrogen-bond acceptors (Lipinski definition) is 3. The molecule has 0 radical (unpaired) electrons. The highest BCUT2D eigenvalue weighted by molar-refractivity contribution is 5.91. The fraction of sp³-hybridized carbons (Fsp3) is 0.500. The van der Waals surface area contributed by atoms with Crippen molar-refractivity contribution in [2.24, 2.45) is 0 Å². The van der Waals surface area contributed by atoms with Crippen molar-refractivity contribution in [3.63, 3.8) is 0 Å². The average Bonchev–Trinajstić information content (AvgIpc) is 2.37. The molecule has 0 bridgehead atoms. The molecule has 0 aliphatic heterocycles. The van der Waals surface area contributed by atoms with Crippen LogP contribution in [0, 0.1) is 6.92 Å². The van der Waals surface area contributed by atoms with Gasteiger partial charge in [-0.25, -0.2) is 4.79 Å². The lowest BCUT2D eigenvalue weighted by atomic mass is 9.96. The van der Waals surface area contributed by atoms with Gasteiger partial charge in [0.15, 0.2) is 0 Å². The number of rotatable bonds is 4. The topological polar surface area (TPSA) is 46.6 Å². The van der Waals surface area contributed by atoms with E-state index in [2.05, 4.69) is 0 Å². The molecule has 0 saturated carbocycles. The molecule has 0 aliphatic rings. The minimum atomic E-state index is -0.774. The van der Waals surface area contributed by atoms with Crippen molar-refractivity contribution >= 4 is 12.0 Å². The summed E-state index contributed by atoms with van der Waals surface area (Å²) in [5.41, 5.74) is 1.23. The van der Waals surface area contributed by atoms with Crippen molar-refractivity contribution in [3.05, 3.63) is 35.4 Å². The molecule has 1 rings (SSSR count). The average molecular weight is 277 g/mol. The molecule has 0 heterocycles. The van der Waals surface area contributed by atoms with Gasteiger partial charge >= 0.3 is 6.09 Å². The maximum atomic E-state index is 12.0. The van der Waals surface area contributed by atoms with Crippen molar-refractivity contribution in [1.29, 1.82) is 0 Å². The monoisotopic (exact) mass is 277 g/mol. The highest BCUT2D eigenvalue weighted by Gasteiger charge is 2.28. The zero-order valence-electron chi connectivity index (χ0n) is 12.9. The SMILES string of the molecule is CCCC(=O)N(C)C(=O)OC(C)(C)c1cccc(C)c1. The molecule has 4 nitrogen and oxygen atoms in total. The molecular formula is C16H23NO3. The van der Waals surface area contributed by atoms with Crippen LogP contribution in [0.15, 0.2) is 24.3 Å². The first-order valence-corrected chi connectivity index (χ1v) is 6.84.